The molecule has 8 nitrogen and oxygen atoms in total. The van der Waals surface area contributed by atoms with E-state index in [2.05, 4.69) is 15.6 Å². The average Bonchev–Trinajstić information content (AvgIpc) is 2.77. The number of carboxylic acids is 1. The van der Waals surface area contributed by atoms with E-state index in [0.29, 0.717) is 6.54 Å². The van der Waals surface area contributed by atoms with Crippen LogP contribution in [0.4, 0.5) is 0 Å². The number of aromatic nitrogens is 3. The van der Waals surface area contributed by atoms with Gasteiger partial charge in [0.2, 0.25) is 5.91 Å². The molecule has 1 aromatic rings. The number of nitrogens with one attached hydrogen (secondary N) is 1. The first-order valence-electron chi connectivity index (χ1n) is 6.00. The molecule has 1 heterocycles. The van der Waals surface area contributed by atoms with E-state index in [0.717, 1.165) is 19.3 Å². The van der Waals surface area contributed by atoms with Crippen LogP contribution in [0.1, 0.15) is 29.8 Å². The van der Waals surface area contributed by atoms with Gasteiger partial charge in [-0.05, 0) is 19.3 Å². The minimum absolute atomic E-state index is 0.0555. The number of amides is 1. The van der Waals surface area contributed by atoms with Crippen molar-refractivity contribution in [3.63, 3.8) is 0 Å². The van der Waals surface area contributed by atoms with Crippen molar-refractivity contribution in [3.05, 3.63) is 11.9 Å². The summed E-state index contributed by atoms with van der Waals surface area (Å²) >= 11 is 0. The quantitative estimate of drug-likeness (QED) is 0.731. The van der Waals surface area contributed by atoms with Crippen LogP contribution in [0.25, 0.3) is 0 Å². The molecule has 1 aliphatic carbocycles. The zero-order valence-corrected chi connectivity index (χ0v) is 10.6. The zero-order chi connectivity index (χ0) is 13.9. The van der Waals surface area contributed by atoms with E-state index in [9.17, 15) is 9.59 Å². The largest absolute Gasteiger partial charge is 0.476 e. The lowest BCUT2D eigenvalue weighted by atomic mass is 9.80. The highest BCUT2D eigenvalue weighted by Gasteiger charge is 2.37. The number of hydrogen-bond donors (Lipinski definition) is 2. The van der Waals surface area contributed by atoms with Gasteiger partial charge in [0, 0.05) is 13.7 Å². The van der Waals surface area contributed by atoms with Crippen LogP contribution in [0, 0.1) is 0 Å². The number of nitrogens with zero attached hydrogens (tertiary/aromatic N) is 3. The van der Waals surface area contributed by atoms with Crippen molar-refractivity contribution >= 4 is 11.9 Å². The minimum atomic E-state index is -1.17. The SMILES string of the molecule is COC1(CNC(=O)Cn2cc(C(=O)O)nn2)CCC1. The monoisotopic (exact) mass is 268 g/mol. The number of carboxylic acid groups (broad SMARTS) is 1. The molecular weight excluding hydrogens is 252 g/mol. The van der Waals surface area contributed by atoms with Gasteiger partial charge in [0.25, 0.3) is 0 Å². The Kier molecular flexibility index (Phi) is 3.79. The number of ether oxygens (including phenoxy) is 1. The summed E-state index contributed by atoms with van der Waals surface area (Å²) in [6.45, 7) is 0.406. The Hall–Kier alpha value is -1.96. The van der Waals surface area contributed by atoms with Gasteiger partial charge in [-0.2, -0.15) is 0 Å². The highest BCUT2D eigenvalue weighted by molar-refractivity contribution is 5.84. The molecule has 0 unspecified atom stereocenters. The highest BCUT2D eigenvalue weighted by atomic mass is 16.5. The minimum Gasteiger partial charge on any atom is -0.476 e. The molecule has 19 heavy (non-hydrogen) atoms. The molecule has 1 aliphatic rings. The van der Waals surface area contributed by atoms with Crippen LogP contribution in [-0.4, -0.2) is 51.2 Å². The van der Waals surface area contributed by atoms with Crippen molar-refractivity contribution in [2.75, 3.05) is 13.7 Å². The molecule has 0 radical (unpaired) electrons. The number of rotatable bonds is 6. The molecule has 0 atom stereocenters. The van der Waals surface area contributed by atoms with Crippen LogP contribution in [-0.2, 0) is 16.1 Å². The first-order chi connectivity index (χ1) is 9.04. The summed E-state index contributed by atoms with van der Waals surface area (Å²) in [5.41, 5.74) is -0.412. The lowest BCUT2D eigenvalue weighted by Crippen LogP contribution is -2.49. The highest BCUT2D eigenvalue weighted by Crippen LogP contribution is 2.34. The molecule has 0 aliphatic heterocycles. The first-order valence-corrected chi connectivity index (χ1v) is 6.00. The molecule has 1 fully saturated rings. The number of methoxy groups -OCH3 is 1. The number of hydrogen-bond acceptors (Lipinski definition) is 5. The summed E-state index contributed by atoms with van der Waals surface area (Å²) in [5, 5.41) is 18.4. The van der Waals surface area contributed by atoms with Crippen LogP contribution in [0.15, 0.2) is 6.20 Å². The molecule has 104 valence electrons. The molecule has 0 bridgehead atoms. The van der Waals surface area contributed by atoms with Gasteiger partial charge >= 0.3 is 5.97 Å². The third-order valence-electron chi connectivity index (χ3n) is 3.37. The predicted octanol–water partition coefficient (Wildman–Crippen LogP) is -0.338. The molecular formula is C11H16N4O4. The van der Waals surface area contributed by atoms with E-state index < -0.39 is 5.97 Å². The van der Waals surface area contributed by atoms with Gasteiger partial charge in [0.05, 0.1) is 11.8 Å². The Morgan fingerprint density at radius 3 is 2.79 bits per heavy atom. The number of aromatic carboxylic acids is 1. The molecule has 2 N–H and O–H groups in total. The van der Waals surface area contributed by atoms with Crippen molar-refractivity contribution in [1.29, 1.82) is 0 Å². The molecule has 0 spiro atoms. The van der Waals surface area contributed by atoms with Gasteiger partial charge in [-0.1, -0.05) is 5.21 Å². The van der Waals surface area contributed by atoms with Crippen molar-refractivity contribution < 1.29 is 19.4 Å². The van der Waals surface area contributed by atoms with Crippen LogP contribution in [0.5, 0.6) is 0 Å². The third-order valence-corrected chi connectivity index (χ3v) is 3.37. The number of carbonyl (C=O) groups excluding carboxylic acids is 1. The second-order valence-corrected chi connectivity index (χ2v) is 4.62. The Morgan fingerprint density at radius 2 is 2.32 bits per heavy atom. The van der Waals surface area contributed by atoms with E-state index in [1.54, 1.807) is 7.11 Å². The van der Waals surface area contributed by atoms with Gasteiger partial charge in [-0.15, -0.1) is 5.10 Å². The summed E-state index contributed by atoms with van der Waals surface area (Å²) < 4.78 is 6.58. The van der Waals surface area contributed by atoms with Crippen molar-refractivity contribution in [3.8, 4) is 0 Å². The summed E-state index contributed by atoms with van der Waals surface area (Å²) in [7, 11) is 1.64. The molecule has 1 aromatic heterocycles. The predicted molar refractivity (Wildman–Crippen MR) is 63.6 cm³/mol. The maximum Gasteiger partial charge on any atom is 0.358 e. The summed E-state index contributed by atoms with van der Waals surface area (Å²) in [6.07, 6.45) is 4.21. The Labute approximate surface area is 109 Å². The van der Waals surface area contributed by atoms with E-state index in [1.165, 1.54) is 10.9 Å². The first kappa shape index (κ1) is 13.5. The van der Waals surface area contributed by atoms with Gasteiger partial charge in [0.1, 0.15) is 6.54 Å². The van der Waals surface area contributed by atoms with Crippen LogP contribution >= 0.6 is 0 Å². The van der Waals surface area contributed by atoms with Gasteiger partial charge < -0.3 is 15.2 Å². The van der Waals surface area contributed by atoms with E-state index >= 15 is 0 Å². The summed E-state index contributed by atoms with van der Waals surface area (Å²) in [4.78, 5) is 22.3. The maximum absolute atomic E-state index is 11.7. The lowest BCUT2D eigenvalue weighted by Gasteiger charge is -2.40. The fraction of sp³-hybridized carbons (Fsp3) is 0.636. The average molecular weight is 268 g/mol. The standard InChI is InChI=1S/C11H16N4O4/c1-19-11(3-2-4-11)7-12-9(16)6-15-5-8(10(17)18)13-14-15/h5H,2-4,6-7H2,1H3,(H,12,16)(H,17,18). The Balaban J connectivity index is 1.82. The summed E-state index contributed by atoms with van der Waals surface area (Å²) in [6, 6.07) is 0. The molecule has 2 rings (SSSR count). The number of carbonyl (C=O) groups is 2. The van der Waals surface area contributed by atoms with Crippen LogP contribution in [0.2, 0.25) is 0 Å². The van der Waals surface area contributed by atoms with Crippen LogP contribution in [0.3, 0.4) is 0 Å². The van der Waals surface area contributed by atoms with Crippen molar-refractivity contribution in [2.24, 2.45) is 0 Å². The maximum atomic E-state index is 11.7. The molecule has 1 saturated carbocycles. The molecule has 8 heteroatoms. The van der Waals surface area contributed by atoms with Gasteiger partial charge in [-0.25, -0.2) is 9.48 Å². The third kappa shape index (κ3) is 3.08. The Bertz CT molecular complexity index is 475. The van der Waals surface area contributed by atoms with Gasteiger partial charge in [0.15, 0.2) is 5.69 Å². The van der Waals surface area contributed by atoms with Crippen molar-refractivity contribution in [2.45, 2.75) is 31.4 Å². The van der Waals surface area contributed by atoms with Gasteiger partial charge in [-0.3, -0.25) is 4.79 Å². The zero-order valence-electron chi connectivity index (χ0n) is 10.6. The van der Waals surface area contributed by atoms with E-state index in [4.69, 9.17) is 9.84 Å². The molecule has 0 aromatic carbocycles. The molecule has 1 amide bonds. The lowest BCUT2D eigenvalue weighted by molar-refractivity contribution is -0.125. The smallest absolute Gasteiger partial charge is 0.358 e. The topological polar surface area (TPSA) is 106 Å². The summed E-state index contributed by atoms with van der Waals surface area (Å²) in [5.74, 6) is -1.41. The normalized spacial score (nSPS) is 16.7. The fourth-order valence-corrected chi connectivity index (χ4v) is 1.96. The van der Waals surface area contributed by atoms with Crippen molar-refractivity contribution in [1.82, 2.24) is 20.3 Å². The fourth-order valence-electron chi connectivity index (χ4n) is 1.96. The van der Waals surface area contributed by atoms with Crippen LogP contribution < -0.4 is 5.32 Å². The second kappa shape index (κ2) is 5.35. The molecule has 0 saturated heterocycles. The van der Waals surface area contributed by atoms with E-state index in [1.807, 2.05) is 0 Å². The Morgan fingerprint density at radius 1 is 1.58 bits per heavy atom. The van der Waals surface area contributed by atoms with E-state index in [-0.39, 0.29) is 23.7 Å². The second-order valence-electron chi connectivity index (χ2n) is 4.62.